The van der Waals surface area contributed by atoms with Gasteiger partial charge < -0.3 is 14.8 Å². The number of carbonyl (C=O) groups excluding carboxylic acids is 1. The van der Waals surface area contributed by atoms with Gasteiger partial charge in [-0.05, 0) is 69.5 Å². The number of nitrogens with one attached hydrogen (secondary N) is 1. The molecule has 0 bridgehead atoms. The van der Waals surface area contributed by atoms with Crippen LogP contribution in [0.4, 0.5) is 5.69 Å². The summed E-state index contributed by atoms with van der Waals surface area (Å²) in [6.07, 6.45) is 6.51. The molecule has 1 aliphatic rings. The Balaban J connectivity index is 1.77. The van der Waals surface area contributed by atoms with Crippen molar-refractivity contribution in [3.8, 4) is 5.75 Å². The fourth-order valence-electron chi connectivity index (χ4n) is 3.50. The summed E-state index contributed by atoms with van der Waals surface area (Å²) in [4.78, 5) is 15.1. The molecule has 1 aliphatic heterocycles. The summed E-state index contributed by atoms with van der Waals surface area (Å²) in [7, 11) is 1.60. The highest BCUT2D eigenvalue weighted by molar-refractivity contribution is 5.97. The summed E-state index contributed by atoms with van der Waals surface area (Å²) < 4.78 is 11.4. The maximum Gasteiger partial charge on any atom is 0.256 e. The third-order valence-electron chi connectivity index (χ3n) is 5.85. The molecule has 0 radical (unpaired) electrons. The average Bonchev–Trinajstić information content (AvgIpc) is 2.70. The Morgan fingerprint density at radius 2 is 1.89 bits per heavy atom. The van der Waals surface area contributed by atoms with Crippen molar-refractivity contribution in [2.45, 2.75) is 64.9 Å². The summed E-state index contributed by atoms with van der Waals surface area (Å²) in [6, 6.07) is 7.60. The predicted molar refractivity (Wildman–Crippen MR) is 115 cm³/mol. The zero-order valence-electron chi connectivity index (χ0n) is 18.1. The van der Waals surface area contributed by atoms with Crippen LogP contribution in [0.25, 0.3) is 0 Å². The maximum atomic E-state index is 12.6. The number of hydrogen-bond acceptors (Lipinski definition) is 4. The van der Waals surface area contributed by atoms with Crippen molar-refractivity contribution in [1.82, 2.24) is 4.90 Å². The molecule has 1 aromatic carbocycles. The molecule has 0 unspecified atom stereocenters. The largest absolute Gasteiger partial charge is 0.492 e. The lowest BCUT2D eigenvalue weighted by Crippen LogP contribution is -2.41. The number of carbonyl (C=O) groups is 1. The number of likely N-dealkylation sites (tertiary alicyclic amines) is 1. The fraction of sp³-hybridized carbons (Fsp3) is 0.696. The van der Waals surface area contributed by atoms with Crippen LogP contribution in [0.3, 0.4) is 0 Å². The SMILES string of the molecule is CCCCC[C@](C)(OC)C(=O)Nc1ccc(OCCN2CCC(C)CC2)cc1. The first-order chi connectivity index (χ1) is 13.5. The Bertz CT molecular complexity index is 582. The molecule has 2 rings (SSSR count). The monoisotopic (exact) mass is 390 g/mol. The Morgan fingerprint density at radius 1 is 1.21 bits per heavy atom. The lowest BCUT2D eigenvalue weighted by atomic mass is 9.97. The number of unbranched alkanes of at least 4 members (excludes halogenated alkanes) is 2. The van der Waals surface area contributed by atoms with Crippen LogP contribution >= 0.6 is 0 Å². The second kappa shape index (κ2) is 11.4. The summed E-state index contributed by atoms with van der Waals surface area (Å²) in [5.41, 5.74) is -0.0304. The van der Waals surface area contributed by atoms with Gasteiger partial charge in [-0.3, -0.25) is 9.69 Å². The summed E-state index contributed by atoms with van der Waals surface area (Å²) in [6.45, 7) is 10.3. The molecule has 1 heterocycles. The number of piperidine rings is 1. The lowest BCUT2D eigenvalue weighted by molar-refractivity contribution is -0.136. The van der Waals surface area contributed by atoms with E-state index in [0.29, 0.717) is 6.61 Å². The van der Waals surface area contributed by atoms with E-state index in [1.54, 1.807) is 7.11 Å². The molecule has 0 aliphatic carbocycles. The van der Waals surface area contributed by atoms with Crippen molar-refractivity contribution in [3.63, 3.8) is 0 Å². The molecular weight excluding hydrogens is 352 g/mol. The first kappa shape index (κ1) is 22.7. The van der Waals surface area contributed by atoms with Gasteiger partial charge in [0.05, 0.1) is 0 Å². The normalized spacial score (nSPS) is 17.9. The van der Waals surface area contributed by atoms with Crippen LogP contribution in [0.15, 0.2) is 24.3 Å². The van der Waals surface area contributed by atoms with Crippen molar-refractivity contribution in [2.24, 2.45) is 5.92 Å². The van der Waals surface area contributed by atoms with E-state index in [1.807, 2.05) is 31.2 Å². The molecule has 1 fully saturated rings. The van der Waals surface area contributed by atoms with E-state index in [1.165, 1.54) is 25.9 Å². The van der Waals surface area contributed by atoms with Crippen molar-refractivity contribution in [1.29, 1.82) is 0 Å². The fourth-order valence-corrected chi connectivity index (χ4v) is 3.50. The number of rotatable bonds is 11. The Labute approximate surface area is 170 Å². The minimum absolute atomic E-state index is 0.0981. The van der Waals surface area contributed by atoms with Gasteiger partial charge in [-0.2, -0.15) is 0 Å². The highest BCUT2D eigenvalue weighted by Gasteiger charge is 2.32. The number of hydrogen-bond donors (Lipinski definition) is 1. The number of ether oxygens (including phenoxy) is 2. The number of nitrogens with zero attached hydrogens (tertiary/aromatic N) is 1. The Morgan fingerprint density at radius 3 is 2.50 bits per heavy atom. The second-order valence-corrected chi connectivity index (χ2v) is 8.24. The van der Waals surface area contributed by atoms with Crippen molar-refractivity contribution in [2.75, 3.05) is 38.7 Å². The molecule has 1 aromatic rings. The highest BCUT2D eigenvalue weighted by atomic mass is 16.5. The maximum absolute atomic E-state index is 12.6. The van der Waals surface area contributed by atoms with Crippen LogP contribution in [0.5, 0.6) is 5.75 Å². The average molecular weight is 391 g/mol. The summed E-state index contributed by atoms with van der Waals surface area (Å²) in [5.74, 6) is 1.59. The second-order valence-electron chi connectivity index (χ2n) is 8.24. The zero-order chi connectivity index (χ0) is 20.4. The quantitative estimate of drug-likeness (QED) is 0.556. The first-order valence-corrected chi connectivity index (χ1v) is 10.8. The van der Waals surface area contributed by atoms with Gasteiger partial charge in [0.15, 0.2) is 0 Å². The number of benzene rings is 1. The van der Waals surface area contributed by atoms with E-state index in [0.717, 1.165) is 49.6 Å². The topological polar surface area (TPSA) is 50.8 Å². The van der Waals surface area contributed by atoms with Gasteiger partial charge in [-0.1, -0.05) is 33.1 Å². The first-order valence-electron chi connectivity index (χ1n) is 10.8. The minimum atomic E-state index is -0.795. The molecule has 1 saturated heterocycles. The van der Waals surface area contributed by atoms with Gasteiger partial charge in [0.1, 0.15) is 18.0 Å². The lowest BCUT2D eigenvalue weighted by Gasteiger charge is -2.29. The van der Waals surface area contributed by atoms with Crippen LogP contribution in [-0.2, 0) is 9.53 Å². The van der Waals surface area contributed by atoms with E-state index < -0.39 is 5.60 Å². The molecule has 5 nitrogen and oxygen atoms in total. The van der Waals surface area contributed by atoms with Gasteiger partial charge in [-0.25, -0.2) is 0 Å². The Kier molecular flexibility index (Phi) is 9.26. The zero-order valence-corrected chi connectivity index (χ0v) is 18.1. The number of amides is 1. The van der Waals surface area contributed by atoms with E-state index >= 15 is 0 Å². The minimum Gasteiger partial charge on any atom is -0.492 e. The highest BCUT2D eigenvalue weighted by Crippen LogP contribution is 2.23. The summed E-state index contributed by atoms with van der Waals surface area (Å²) in [5, 5.41) is 2.97. The molecule has 0 saturated carbocycles. The number of methoxy groups -OCH3 is 1. The van der Waals surface area contributed by atoms with Gasteiger partial charge in [0.25, 0.3) is 5.91 Å². The molecule has 0 aromatic heterocycles. The third-order valence-corrected chi connectivity index (χ3v) is 5.85. The van der Waals surface area contributed by atoms with Crippen molar-refractivity contribution in [3.05, 3.63) is 24.3 Å². The third kappa shape index (κ3) is 7.10. The smallest absolute Gasteiger partial charge is 0.256 e. The summed E-state index contributed by atoms with van der Waals surface area (Å²) >= 11 is 0. The predicted octanol–water partition coefficient (Wildman–Crippen LogP) is 4.72. The van der Waals surface area contributed by atoms with Crippen LogP contribution in [0.2, 0.25) is 0 Å². The standard InChI is InChI=1S/C23H38N2O3/c1-5-6-7-14-23(3,27-4)22(26)24-20-8-10-21(11-9-20)28-18-17-25-15-12-19(2)13-16-25/h8-11,19H,5-7,12-18H2,1-4H3,(H,24,26)/t23-/m0/s1. The van der Waals surface area contributed by atoms with E-state index in [4.69, 9.17) is 9.47 Å². The van der Waals surface area contributed by atoms with Crippen LogP contribution in [-0.4, -0.2) is 49.8 Å². The van der Waals surface area contributed by atoms with Gasteiger partial charge >= 0.3 is 0 Å². The molecule has 28 heavy (non-hydrogen) atoms. The molecule has 1 N–H and O–H groups in total. The van der Waals surface area contributed by atoms with Crippen LogP contribution in [0, 0.1) is 5.92 Å². The van der Waals surface area contributed by atoms with Gasteiger partial charge in [-0.15, -0.1) is 0 Å². The van der Waals surface area contributed by atoms with E-state index in [2.05, 4.69) is 24.1 Å². The van der Waals surface area contributed by atoms with Gasteiger partial charge in [0.2, 0.25) is 0 Å². The van der Waals surface area contributed by atoms with Crippen LogP contribution in [0.1, 0.15) is 59.3 Å². The molecule has 158 valence electrons. The van der Waals surface area contributed by atoms with E-state index in [-0.39, 0.29) is 5.91 Å². The molecular formula is C23H38N2O3. The Hall–Kier alpha value is -1.59. The molecule has 1 atom stereocenters. The molecule has 1 amide bonds. The van der Waals surface area contributed by atoms with Crippen LogP contribution < -0.4 is 10.1 Å². The molecule has 5 heteroatoms. The number of anilines is 1. The van der Waals surface area contributed by atoms with E-state index in [9.17, 15) is 4.79 Å². The van der Waals surface area contributed by atoms with Gasteiger partial charge in [0, 0.05) is 19.3 Å². The molecule has 0 spiro atoms. The van der Waals surface area contributed by atoms with Crippen molar-refractivity contribution < 1.29 is 14.3 Å². The van der Waals surface area contributed by atoms with Crippen molar-refractivity contribution >= 4 is 11.6 Å².